The summed E-state index contributed by atoms with van der Waals surface area (Å²) in [7, 11) is 4.77. The molecule has 0 saturated carbocycles. The van der Waals surface area contributed by atoms with Crippen LogP contribution in [-0.2, 0) is 11.3 Å². The van der Waals surface area contributed by atoms with Crippen molar-refractivity contribution in [3.8, 4) is 16.9 Å². The molecule has 21 heavy (non-hydrogen) atoms. The van der Waals surface area contributed by atoms with Crippen LogP contribution in [0.2, 0.25) is 0 Å². The van der Waals surface area contributed by atoms with Gasteiger partial charge in [-0.25, -0.2) is 4.39 Å². The van der Waals surface area contributed by atoms with Crippen LogP contribution in [0.15, 0.2) is 24.5 Å². The highest BCUT2D eigenvalue weighted by Crippen LogP contribution is 2.31. The van der Waals surface area contributed by atoms with Gasteiger partial charge in [-0.1, -0.05) is 0 Å². The number of nitrogens with zero attached hydrogens (tertiary/aromatic N) is 3. The SMILES string of the molecule is COc1cc(-c2cnn(CC(=O)N(C)C)c2)cc(F)c1N. The number of ether oxygens (including phenoxy) is 1. The van der Waals surface area contributed by atoms with Crippen molar-refractivity contribution in [1.82, 2.24) is 14.7 Å². The fourth-order valence-corrected chi connectivity index (χ4v) is 1.81. The van der Waals surface area contributed by atoms with Crippen molar-refractivity contribution in [2.45, 2.75) is 6.54 Å². The van der Waals surface area contributed by atoms with E-state index in [-0.39, 0.29) is 23.9 Å². The Bertz CT molecular complexity index is 667. The first-order valence-electron chi connectivity index (χ1n) is 6.28. The number of nitrogens with two attached hydrogens (primary N) is 1. The molecule has 0 aliphatic rings. The molecule has 1 amide bonds. The lowest BCUT2D eigenvalue weighted by molar-refractivity contribution is -0.129. The van der Waals surface area contributed by atoms with Crippen molar-refractivity contribution in [1.29, 1.82) is 0 Å². The van der Waals surface area contributed by atoms with Gasteiger partial charge < -0.3 is 15.4 Å². The number of likely N-dealkylation sites (N-methyl/N-ethyl adjacent to an activating group) is 1. The zero-order valence-electron chi connectivity index (χ0n) is 12.1. The maximum absolute atomic E-state index is 13.7. The van der Waals surface area contributed by atoms with E-state index in [1.165, 1.54) is 22.8 Å². The molecule has 0 spiro atoms. The van der Waals surface area contributed by atoms with Crippen LogP contribution in [-0.4, -0.2) is 41.8 Å². The second-order valence-corrected chi connectivity index (χ2v) is 4.79. The Labute approximate surface area is 121 Å². The van der Waals surface area contributed by atoms with E-state index >= 15 is 0 Å². The minimum absolute atomic E-state index is 0.0311. The lowest BCUT2D eigenvalue weighted by Gasteiger charge is -2.09. The summed E-state index contributed by atoms with van der Waals surface area (Å²) in [6, 6.07) is 2.94. The Hall–Kier alpha value is -2.57. The van der Waals surface area contributed by atoms with E-state index in [0.717, 1.165) is 0 Å². The minimum atomic E-state index is -0.554. The molecule has 0 aliphatic heterocycles. The number of carbonyl (C=O) groups excluding carboxylic acids is 1. The topological polar surface area (TPSA) is 73.4 Å². The van der Waals surface area contributed by atoms with Crippen molar-refractivity contribution in [2.24, 2.45) is 0 Å². The standard InChI is InChI=1S/C14H17FN4O2/c1-18(2)13(20)8-19-7-10(6-17-19)9-4-11(15)14(16)12(5-9)21-3/h4-7H,8,16H2,1-3H3. The van der Waals surface area contributed by atoms with E-state index in [2.05, 4.69) is 5.10 Å². The lowest BCUT2D eigenvalue weighted by atomic mass is 10.1. The Balaban J connectivity index is 2.29. The van der Waals surface area contributed by atoms with Gasteiger partial charge in [0.15, 0.2) is 5.82 Å². The van der Waals surface area contributed by atoms with Gasteiger partial charge in [-0.3, -0.25) is 9.48 Å². The van der Waals surface area contributed by atoms with Crippen molar-refractivity contribution >= 4 is 11.6 Å². The summed E-state index contributed by atoms with van der Waals surface area (Å²) in [6.07, 6.45) is 3.24. The maximum Gasteiger partial charge on any atom is 0.243 e. The number of methoxy groups -OCH3 is 1. The second-order valence-electron chi connectivity index (χ2n) is 4.79. The lowest BCUT2D eigenvalue weighted by Crippen LogP contribution is -2.26. The molecule has 0 unspecified atom stereocenters. The number of benzene rings is 1. The van der Waals surface area contributed by atoms with E-state index in [4.69, 9.17) is 10.5 Å². The molecule has 6 nitrogen and oxygen atoms in total. The van der Waals surface area contributed by atoms with E-state index in [1.807, 2.05) is 0 Å². The van der Waals surface area contributed by atoms with Crippen molar-refractivity contribution in [3.05, 3.63) is 30.3 Å². The number of nitrogen functional groups attached to an aromatic ring is 1. The summed E-state index contributed by atoms with van der Waals surface area (Å²) in [4.78, 5) is 13.1. The first-order valence-corrected chi connectivity index (χ1v) is 6.28. The normalized spacial score (nSPS) is 10.5. The summed E-state index contributed by atoms with van der Waals surface area (Å²) in [5, 5.41) is 4.10. The number of halogens is 1. The van der Waals surface area contributed by atoms with Crippen LogP contribution in [0, 0.1) is 5.82 Å². The zero-order chi connectivity index (χ0) is 15.6. The molecule has 0 bridgehead atoms. The molecule has 0 aliphatic carbocycles. The third kappa shape index (κ3) is 3.13. The third-order valence-corrected chi connectivity index (χ3v) is 3.07. The van der Waals surface area contributed by atoms with Gasteiger partial charge in [0.25, 0.3) is 0 Å². The average Bonchev–Trinajstić information content (AvgIpc) is 2.90. The Kier molecular flexibility index (Phi) is 4.11. The van der Waals surface area contributed by atoms with Crippen LogP contribution in [0.1, 0.15) is 0 Å². The fourth-order valence-electron chi connectivity index (χ4n) is 1.81. The number of amides is 1. The monoisotopic (exact) mass is 292 g/mol. The molecule has 7 heteroatoms. The molecule has 1 aromatic heterocycles. The number of anilines is 1. The van der Waals surface area contributed by atoms with E-state index in [1.54, 1.807) is 32.6 Å². The Morgan fingerprint density at radius 3 is 2.76 bits per heavy atom. The van der Waals surface area contributed by atoms with Crippen LogP contribution in [0.5, 0.6) is 5.75 Å². The minimum Gasteiger partial charge on any atom is -0.494 e. The smallest absolute Gasteiger partial charge is 0.243 e. The molecule has 2 rings (SSSR count). The van der Waals surface area contributed by atoms with Crippen LogP contribution < -0.4 is 10.5 Å². The van der Waals surface area contributed by atoms with Crippen LogP contribution >= 0.6 is 0 Å². The molecular weight excluding hydrogens is 275 g/mol. The first-order chi connectivity index (χ1) is 9.92. The van der Waals surface area contributed by atoms with Crippen molar-refractivity contribution < 1.29 is 13.9 Å². The first kappa shape index (κ1) is 14.8. The highest BCUT2D eigenvalue weighted by atomic mass is 19.1. The number of rotatable bonds is 4. The number of hydrogen-bond acceptors (Lipinski definition) is 4. The van der Waals surface area contributed by atoms with Crippen LogP contribution in [0.25, 0.3) is 11.1 Å². The molecule has 0 saturated heterocycles. The summed E-state index contributed by atoms with van der Waals surface area (Å²) in [5.74, 6) is -0.366. The molecular formula is C14H17FN4O2. The second kappa shape index (κ2) is 5.82. The summed E-state index contributed by atoms with van der Waals surface area (Å²) in [6.45, 7) is 0.127. The average molecular weight is 292 g/mol. The van der Waals surface area contributed by atoms with E-state index < -0.39 is 5.82 Å². The molecule has 0 atom stereocenters. The largest absolute Gasteiger partial charge is 0.494 e. The fraction of sp³-hybridized carbons (Fsp3) is 0.286. The van der Waals surface area contributed by atoms with Gasteiger partial charge in [0, 0.05) is 25.9 Å². The van der Waals surface area contributed by atoms with Gasteiger partial charge in [0.1, 0.15) is 18.0 Å². The summed E-state index contributed by atoms with van der Waals surface area (Å²) in [5.41, 5.74) is 6.81. The van der Waals surface area contributed by atoms with E-state index in [0.29, 0.717) is 11.1 Å². The van der Waals surface area contributed by atoms with Gasteiger partial charge in [0.05, 0.1) is 13.3 Å². The molecule has 0 fully saturated rings. The van der Waals surface area contributed by atoms with Crippen LogP contribution in [0.3, 0.4) is 0 Å². The van der Waals surface area contributed by atoms with Gasteiger partial charge >= 0.3 is 0 Å². The van der Waals surface area contributed by atoms with E-state index in [9.17, 15) is 9.18 Å². The molecule has 2 aromatic rings. The van der Waals surface area contributed by atoms with Crippen molar-refractivity contribution in [3.63, 3.8) is 0 Å². The highest BCUT2D eigenvalue weighted by molar-refractivity contribution is 5.75. The zero-order valence-corrected chi connectivity index (χ0v) is 12.1. The number of hydrogen-bond donors (Lipinski definition) is 1. The molecule has 112 valence electrons. The quantitative estimate of drug-likeness (QED) is 0.864. The van der Waals surface area contributed by atoms with Crippen molar-refractivity contribution in [2.75, 3.05) is 26.9 Å². The molecule has 1 heterocycles. The molecule has 0 radical (unpaired) electrons. The number of aromatic nitrogens is 2. The highest BCUT2D eigenvalue weighted by Gasteiger charge is 2.12. The van der Waals surface area contributed by atoms with Crippen LogP contribution in [0.4, 0.5) is 10.1 Å². The predicted molar refractivity (Wildman–Crippen MR) is 77.3 cm³/mol. The molecule has 2 N–H and O–H groups in total. The van der Waals surface area contributed by atoms with Gasteiger partial charge in [-0.2, -0.15) is 5.10 Å². The number of carbonyl (C=O) groups is 1. The van der Waals surface area contributed by atoms with Gasteiger partial charge in [-0.15, -0.1) is 0 Å². The Morgan fingerprint density at radius 2 is 2.14 bits per heavy atom. The third-order valence-electron chi connectivity index (χ3n) is 3.07. The van der Waals surface area contributed by atoms with Gasteiger partial charge in [-0.05, 0) is 17.7 Å². The summed E-state index contributed by atoms with van der Waals surface area (Å²) >= 11 is 0. The van der Waals surface area contributed by atoms with Gasteiger partial charge in [0.2, 0.25) is 5.91 Å². The molecule has 1 aromatic carbocycles. The maximum atomic E-state index is 13.7. The Morgan fingerprint density at radius 1 is 1.43 bits per heavy atom. The summed E-state index contributed by atoms with van der Waals surface area (Å²) < 4.78 is 20.3. The predicted octanol–water partition coefficient (Wildman–Crippen LogP) is 1.37.